The Morgan fingerprint density at radius 3 is 2.59 bits per heavy atom. The quantitative estimate of drug-likeness (QED) is 0.476. The van der Waals surface area contributed by atoms with Crippen LogP contribution >= 0.6 is 11.8 Å². The van der Waals surface area contributed by atoms with E-state index in [1.54, 1.807) is 13.0 Å². The number of amides is 1. The lowest BCUT2D eigenvalue weighted by molar-refractivity contribution is -0.115. The van der Waals surface area contributed by atoms with E-state index in [2.05, 4.69) is 15.3 Å². The molecule has 1 unspecified atom stereocenters. The molecule has 7 nitrogen and oxygen atoms in total. The monoisotopic (exact) mass is 430 g/mol. The second-order valence-corrected chi connectivity index (χ2v) is 10.2. The molecule has 0 aliphatic rings. The van der Waals surface area contributed by atoms with Crippen LogP contribution in [0.25, 0.3) is 10.9 Å². The Balaban J connectivity index is 1.81. The van der Waals surface area contributed by atoms with Gasteiger partial charge in [-0.1, -0.05) is 36.0 Å². The lowest BCUT2D eigenvalue weighted by atomic mass is 10.2. The number of anilines is 1. The van der Waals surface area contributed by atoms with E-state index < -0.39 is 15.3 Å². The Labute approximate surface area is 174 Å². The fourth-order valence-electron chi connectivity index (χ4n) is 2.64. The largest absolute Gasteiger partial charge is 0.325 e. The molecule has 0 aliphatic carbocycles. The molecule has 0 saturated heterocycles. The molecule has 0 fully saturated rings. The number of nitrogens with one attached hydrogen (secondary N) is 1. The molecular formula is C20H22N4O3S2. The average Bonchev–Trinajstić information content (AvgIpc) is 2.69. The van der Waals surface area contributed by atoms with E-state index >= 15 is 0 Å². The molecule has 0 aliphatic heterocycles. The van der Waals surface area contributed by atoms with Gasteiger partial charge in [-0.15, -0.1) is 0 Å². The average molecular weight is 431 g/mol. The van der Waals surface area contributed by atoms with E-state index in [1.165, 1.54) is 44.3 Å². The van der Waals surface area contributed by atoms with Crippen LogP contribution in [0.4, 0.5) is 5.69 Å². The second-order valence-electron chi connectivity index (χ2n) is 6.71. The summed E-state index contributed by atoms with van der Waals surface area (Å²) >= 11 is 1.33. The van der Waals surface area contributed by atoms with Gasteiger partial charge in [-0.25, -0.2) is 22.7 Å². The summed E-state index contributed by atoms with van der Waals surface area (Å²) in [5.41, 5.74) is 2.06. The van der Waals surface area contributed by atoms with Crippen LogP contribution in [0.1, 0.15) is 12.5 Å². The Morgan fingerprint density at radius 1 is 1.14 bits per heavy atom. The second kappa shape index (κ2) is 8.48. The first-order chi connectivity index (χ1) is 13.7. The number of hydrogen-bond donors (Lipinski definition) is 1. The summed E-state index contributed by atoms with van der Waals surface area (Å²) in [4.78, 5) is 21.4. The van der Waals surface area contributed by atoms with Gasteiger partial charge in [-0.3, -0.25) is 4.79 Å². The maximum atomic E-state index is 12.8. The van der Waals surface area contributed by atoms with Crippen LogP contribution in [0.3, 0.4) is 0 Å². The van der Waals surface area contributed by atoms with Crippen molar-refractivity contribution in [2.45, 2.75) is 29.0 Å². The third-order valence-electron chi connectivity index (χ3n) is 4.41. The molecule has 1 N–H and O–H groups in total. The number of fused-ring (bicyclic) bond motifs is 1. The highest BCUT2D eigenvalue weighted by molar-refractivity contribution is 8.00. The number of para-hydroxylation sites is 1. The summed E-state index contributed by atoms with van der Waals surface area (Å²) in [6.07, 6.45) is 1.48. The highest BCUT2D eigenvalue weighted by atomic mass is 32.2. The highest BCUT2D eigenvalue weighted by Crippen LogP contribution is 2.29. The van der Waals surface area contributed by atoms with Crippen LogP contribution in [-0.4, -0.2) is 47.9 Å². The van der Waals surface area contributed by atoms with E-state index in [-0.39, 0.29) is 10.8 Å². The normalized spacial score (nSPS) is 12.9. The molecule has 0 spiro atoms. The standard InChI is InChI=1S/C20H22N4O3S2/c1-13-9-10-15(29(26,27)24(3)4)11-18(13)23-19(25)14(2)28-20-16-7-5-6-8-17(16)21-12-22-20/h5-12,14H,1-4H3,(H,23,25). The molecule has 152 valence electrons. The van der Waals surface area contributed by atoms with Crippen molar-refractivity contribution in [1.82, 2.24) is 14.3 Å². The van der Waals surface area contributed by atoms with Gasteiger partial charge in [0.25, 0.3) is 0 Å². The van der Waals surface area contributed by atoms with Crippen molar-refractivity contribution >= 4 is 44.3 Å². The third-order valence-corrected chi connectivity index (χ3v) is 7.34. The predicted octanol–water partition coefficient (Wildman–Crippen LogP) is 3.31. The summed E-state index contributed by atoms with van der Waals surface area (Å²) in [6.45, 7) is 3.60. The summed E-state index contributed by atoms with van der Waals surface area (Å²) in [6, 6.07) is 12.3. The molecule has 3 aromatic rings. The van der Waals surface area contributed by atoms with Crippen molar-refractivity contribution in [2.24, 2.45) is 0 Å². The topological polar surface area (TPSA) is 92.3 Å². The van der Waals surface area contributed by atoms with Crippen molar-refractivity contribution in [3.05, 3.63) is 54.4 Å². The lowest BCUT2D eigenvalue weighted by Gasteiger charge is -2.16. The number of carbonyl (C=O) groups excluding carboxylic acids is 1. The summed E-state index contributed by atoms with van der Waals surface area (Å²) in [5, 5.41) is 4.01. The predicted molar refractivity (Wildman–Crippen MR) is 116 cm³/mol. The number of sulfonamides is 1. The number of nitrogens with zero attached hydrogens (tertiary/aromatic N) is 3. The van der Waals surface area contributed by atoms with Gasteiger partial charge < -0.3 is 5.32 Å². The summed E-state index contributed by atoms with van der Waals surface area (Å²) < 4.78 is 25.9. The number of rotatable bonds is 6. The van der Waals surface area contributed by atoms with Gasteiger partial charge >= 0.3 is 0 Å². The Hall–Kier alpha value is -2.49. The van der Waals surface area contributed by atoms with E-state index in [9.17, 15) is 13.2 Å². The molecule has 2 aromatic carbocycles. The van der Waals surface area contributed by atoms with Gasteiger partial charge in [0.05, 0.1) is 15.7 Å². The minimum Gasteiger partial charge on any atom is -0.325 e. The fourth-order valence-corrected chi connectivity index (χ4v) is 4.47. The zero-order chi connectivity index (χ0) is 21.2. The fraction of sp³-hybridized carbons (Fsp3) is 0.250. The number of aryl methyl sites for hydroxylation is 1. The van der Waals surface area contributed by atoms with Crippen LogP contribution in [0.15, 0.2) is 58.7 Å². The van der Waals surface area contributed by atoms with Crippen molar-refractivity contribution in [1.29, 1.82) is 0 Å². The molecule has 9 heteroatoms. The minimum absolute atomic E-state index is 0.130. The van der Waals surface area contributed by atoms with Crippen LogP contribution < -0.4 is 5.32 Å². The summed E-state index contributed by atoms with van der Waals surface area (Å²) in [7, 11) is -0.644. The van der Waals surface area contributed by atoms with Gasteiger partial charge in [0.2, 0.25) is 15.9 Å². The molecule has 0 saturated carbocycles. The van der Waals surface area contributed by atoms with E-state index in [4.69, 9.17) is 0 Å². The maximum absolute atomic E-state index is 12.8. The van der Waals surface area contributed by atoms with E-state index in [1.807, 2.05) is 31.2 Å². The molecular weight excluding hydrogens is 408 g/mol. The van der Waals surface area contributed by atoms with Crippen LogP contribution in [0.2, 0.25) is 0 Å². The molecule has 1 amide bonds. The van der Waals surface area contributed by atoms with Gasteiger partial charge in [0.15, 0.2) is 0 Å². The van der Waals surface area contributed by atoms with Crippen LogP contribution in [0, 0.1) is 6.92 Å². The number of hydrogen-bond acceptors (Lipinski definition) is 6. The van der Waals surface area contributed by atoms with Crippen LogP contribution in [-0.2, 0) is 14.8 Å². The zero-order valence-electron chi connectivity index (χ0n) is 16.6. The smallest absolute Gasteiger partial charge is 0.242 e. The van der Waals surface area contributed by atoms with Crippen LogP contribution in [0.5, 0.6) is 0 Å². The zero-order valence-corrected chi connectivity index (χ0v) is 18.2. The molecule has 29 heavy (non-hydrogen) atoms. The number of aromatic nitrogens is 2. The molecule has 0 bridgehead atoms. The maximum Gasteiger partial charge on any atom is 0.242 e. The SMILES string of the molecule is Cc1ccc(S(=O)(=O)N(C)C)cc1NC(=O)C(C)Sc1ncnc2ccccc12. The van der Waals surface area contributed by atoms with Crippen molar-refractivity contribution in [2.75, 3.05) is 19.4 Å². The highest BCUT2D eigenvalue weighted by Gasteiger charge is 2.21. The third kappa shape index (κ3) is 4.58. The summed E-state index contributed by atoms with van der Waals surface area (Å²) in [5.74, 6) is -0.236. The van der Waals surface area contributed by atoms with E-state index in [0.29, 0.717) is 5.69 Å². The van der Waals surface area contributed by atoms with Gasteiger partial charge in [0, 0.05) is 25.2 Å². The van der Waals surface area contributed by atoms with E-state index in [0.717, 1.165) is 25.8 Å². The van der Waals surface area contributed by atoms with Gasteiger partial charge in [-0.2, -0.15) is 0 Å². The minimum atomic E-state index is -3.59. The van der Waals surface area contributed by atoms with Crippen molar-refractivity contribution in [3.8, 4) is 0 Å². The van der Waals surface area contributed by atoms with Crippen molar-refractivity contribution in [3.63, 3.8) is 0 Å². The van der Waals surface area contributed by atoms with Gasteiger partial charge in [-0.05, 0) is 37.6 Å². The molecule has 3 rings (SSSR count). The Morgan fingerprint density at radius 2 is 1.86 bits per heavy atom. The first-order valence-corrected chi connectivity index (χ1v) is 11.2. The van der Waals surface area contributed by atoms with Gasteiger partial charge in [0.1, 0.15) is 11.4 Å². The lowest BCUT2D eigenvalue weighted by Crippen LogP contribution is -2.24. The Bertz CT molecular complexity index is 1160. The number of carbonyl (C=O) groups is 1. The molecule has 1 heterocycles. The molecule has 0 radical (unpaired) electrons. The first kappa shape index (κ1) is 21.2. The first-order valence-electron chi connectivity index (χ1n) is 8.90. The molecule has 1 atom stereocenters. The number of benzene rings is 2. The number of thioether (sulfide) groups is 1. The van der Waals surface area contributed by atoms with Crippen molar-refractivity contribution < 1.29 is 13.2 Å². The Kier molecular flexibility index (Phi) is 6.21. The molecule has 1 aromatic heterocycles.